The Bertz CT molecular complexity index is 513. The van der Waals surface area contributed by atoms with Crippen LogP contribution in [0.3, 0.4) is 0 Å². The van der Waals surface area contributed by atoms with E-state index in [1.165, 1.54) is 4.72 Å². The van der Waals surface area contributed by atoms with Crippen molar-refractivity contribution in [1.29, 1.82) is 0 Å². The zero-order valence-corrected chi connectivity index (χ0v) is 8.74. The average molecular weight is 276 g/mol. The van der Waals surface area contributed by atoms with Gasteiger partial charge in [0, 0.05) is 6.07 Å². The minimum Gasteiger partial charge on any atom is -0.282 e. The van der Waals surface area contributed by atoms with Crippen molar-refractivity contribution in [2.45, 2.75) is 6.18 Å². The van der Waals surface area contributed by atoms with Crippen molar-refractivity contribution >= 4 is 15.7 Å². The minimum absolute atomic E-state index is 0.385. The van der Waals surface area contributed by atoms with Gasteiger partial charge in [-0.1, -0.05) is 0 Å². The molecular formula is C7H5F5N2O2S. The minimum atomic E-state index is -4.93. The summed E-state index contributed by atoms with van der Waals surface area (Å²) in [4.78, 5) is 2.81. The van der Waals surface area contributed by atoms with Crippen molar-refractivity contribution in [3.05, 3.63) is 24.0 Å². The van der Waals surface area contributed by atoms with Crippen LogP contribution >= 0.6 is 0 Å². The Morgan fingerprint density at radius 3 is 2.35 bits per heavy atom. The predicted octanol–water partition coefficient (Wildman–Crippen LogP) is 1.66. The highest BCUT2D eigenvalue weighted by Crippen LogP contribution is 2.19. The number of anilines is 1. The fourth-order valence-corrected chi connectivity index (χ4v) is 1.88. The van der Waals surface area contributed by atoms with Gasteiger partial charge < -0.3 is 0 Å². The Hall–Kier alpha value is -1.45. The van der Waals surface area contributed by atoms with Crippen molar-refractivity contribution in [1.82, 2.24) is 4.98 Å². The van der Waals surface area contributed by atoms with Crippen LogP contribution in [0.4, 0.5) is 27.6 Å². The quantitative estimate of drug-likeness (QED) is 0.674. The lowest BCUT2D eigenvalue weighted by Crippen LogP contribution is -2.28. The molecule has 4 nitrogen and oxygen atoms in total. The molecule has 0 aromatic carbocycles. The van der Waals surface area contributed by atoms with E-state index in [2.05, 4.69) is 4.98 Å². The molecule has 0 fully saturated rings. The van der Waals surface area contributed by atoms with E-state index >= 15 is 0 Å². The molecule has 17 heavy (non-hydrogen) atoms. The Morgan fingerprint density at radius 1 is 1.29 bits per heavy atom. The topological polar surface area (TPSA) is 59.1 Å². The van der Waals surface area contributed by atoms with Crippen molar-refractivity contribution in [2.75, 3.05) is 10.5 Å². The van der Waals surface area contributed by atoms with Gasteiger partial charge in [0.05, 0.1) is 11.9 Å². The number of hydrogen-bond acceptors (Lipinski definition) is 3. The van der Waals surface area contributed by atoms with Gasteiger partial charge in [0.1, 0.15) is 0 Å². The molecule has 0 aliphatic carbocycles. The first-order chi connectivity index (χ1) is 7.59. The third-order valence-electron chi connectivity index (χ3n) is 1.42. The highest BCUT2D eigenvalue weighted by atomic mass is 32.2. The summed E-state index contributed by atoms with van der Waals surface area (Å²) in [6.07, 6.45) is -4.37. The molecule has 0 saturated heterocycles. The number of sulfonamides is 1. The number of halogens is 5. The lowest BCUT2D eigenvalue weighted by atomic mass is 10.4. The second-order valence-electron chi connectivity index (χ2n) is 2.97. The highest BCUT2D eigenvalue weighted by molar-refractivity contribution is 7.92. The first-order valence-corrected chi connectivity index (χ1v) is 5.62. The number of pyridine rings is 1. The zero-order valence-electron chi connectivity index (χ0n) is 7.92. The van der Waals surface area contributed by atoms with Crippen molar-refractivity contribution < 1.29 is 30.4 Å². The van der Waals surface area contributed by atoms with Gasteiger partial charge in [-0.3, -0.25) is 4.72 Å². The molecule has 1 aromatic heterocycles. The van der Waals surface area contributed by atoms with E-state index in [1.807, 2.05) is 0 Å². The lowest BCUT2D eigenvalue weighted by Gasteiger charge is -2.09. The molecule has 0 aliphatic heterocycles. The molecule has 1 aromatic rings. The average Bonchev–Trinajstić information content (AvgIpc) is 2.06. The van der Waals surface area contributed by atoms with Gasteiger partial charge in [-0.25, -0.2) is 17.8 Å². The third-order valence-corrected chi connectivity index (χ3v) is 2.68. The molecule has 0 bridgehead atoms. The SMILES string of the molecule is O=S(=O)(CC(F)(F)F)Nc1cnc(F)c(F)c1. The first-order valence-electron chi connectivity index (χ1n) is 3.97. The summed E-state index contributed by atoms with van der Waals surface area (Å²) < 4.78 is 83.7. The van der Waals surface area contributed by atoms with Crippen molar-refractivity contribution in [3.8, 4) is 0 Å². The number of hydrogen-bond donors (Lipinski definition) is 1. The summed E-state index contributed by atoms with van der Waals surface area (Å²) in [5, 5.41) is 0. The predicted molar refractivity (Wildman–Crippen MR) is 47.6 cm³/mol. The molecule has 1 N–H and O–H groups in total. The second-order valence-corrected chi connectivity index (χ2v) is 4.70. The maximum atomic E-state index is 12.6. The summed E-state index contributed by atoms with van der Waals surface area (Å²) in [6.45, 7) is 0. The van der Waals surface area contributed by atoms with Gasteiger partial charge in [0.15, 0.2) is 11.6 Å². The molecule has 0 spiro atoms. The summed E-state index contributed by atoms with van der Waals surface area (Å²) in [7, 11) is -4.73. The summed E-state index contributed by atoms with van der Waals surface area (Å²) in [5.41, 5.74) is -0.590. The molecule has 0 saturated carbocycles. The zero-order chi connectivity index (χ0) is 13.3. The van der Waals surface area contributed by atoms with Gasteiger partial charge in [0.2, 0.25) is 16.0 Å². The normalized spacial score (nSPS) is 12.5. The lowest BCUT2D eigenvalue weighted by molar-refractivity contribution is -0.106. The number of rotatable bonds is 3. The van der Waals surface area contributed by atoms with Crippen LogP contribution < -0.4 is 4.72 Å². The van der Waals surface area contributed by atoms with Gasteiger partial charge >= 0.3 is 6.18 Å². The van der Waals surface area contributed by atoms with Gasteiger partial charge in [-0.2, -0.15) is 17.6 Å². The largest absolute Gasteiger partial charge is 0.404 e. The van der Waals surface area contributed by atoms with Crippen LogP contribution in [0.25, 0.3) is 0 Å². The Labute approximate surface area is 92.5 Å². The molecule has 0 radical (unpaired) electrons. The number of nitrogens with zero attached hydrogens (tertiary/aromatic N) is 1. The molecule has 10 heteroatoms. The Kier molecular flexibility index (Phi) is 3.55. The summed E-state index contributed by atoms with van der Waals surface area (Å²) in [5.74, 6) is -5.08. The van der Waals surface area contributed by atoms with Gasteiger partial charge in [-0.15, -0.1) is 0 Å². The highest BCUT2D eigenvalue weighted by Gasteiger charge is 2.35. The fourth-order valence-electron chi connectivity index (χ4n) is 0.908. The third kappa shape index (κ3) is 4.51. The van der Waals surface area contributed by atoms with Crippen LogP contribution in [0.1, 0.15) is 0 Å². The molecule has 1 rings (SSSR count). The van der Waals surface area contributed by atoms with E-state index in [9.17, 15) is 30.4 Å². The van der Waals surface area contributed by atoms with E-state index in [-0.39, 0.29) is 0 Å². The molecule has 0 unspecified atom stereocenters. The molecule has 1 heterocycles. The Morgan fingerprint density at radius 2 is 1.88 bits per heavy atom. The molecule has 96 valence electrons. The van der Waals surface area contributed by atoms with Crippen LogP contribution in [0.5, 0.6) is 0 Å². The molecule has 0 aliphatic rings. The van der Waals surface area contributed by atoms with Crippen LogP contribution in [-0.2, 0) is 10.0 Å². The van der Waals surface area contributed by atoms with Crippen LogP contribution in [0, 0.1) is 11.8 Å². The standard InChI is InChI=1S/C7H5F5N2O2S/c8-5-1-4(2-13-6(5)9)14-17(15,16)3-7(10,11)12/h1-2,14H,3H2. The monoisotopic (exact) mass is 276 g/mol. The van der Waals surface area contributed by atoms with Gasteiger partial charge in [-0.05, 0) is 0 Å². The van der Waals surface area contributed by atoms with E-state index in [4.69, 9.17) is 0 Å². The van der Waals surface area contributed by atoms with Crippen molar-refractivity contribution in [3.63, 3.8) is 0 Å². The molecular weight excluding hydrogens is 271 g/mol. The maximum absolute atomic E-state index is 12.6. The number of nitrogens with one attached hydrogen (secondary N) is 1. The van der Waals surface area contributed by atoms with Crippen molar-refractivity contribution in [2.24, 2.45) is 0 Å². The van der Waals surface area contributed by atoms with Crippen LogP contribution in [0.2, 0.25) is 0 Å². The Balaban J connectivity index is 2.87. The maximum Gasteiger partial charge on any atom is 0.404 e. The second kappa shape index (κ2) is 4.43. The van der Waals surface area contributed by atoms with Gasteiger partial charge in [0.25, 0.3) is 0 Å². The van der Waals surface area contributed by atoms with E-state index in [0.29, 0.717) is 12.3 Å². The van der Waals surface area contributed by atoms with Crippen LogP contribution in [0.15, 0.2) is 12.3 Å². The summed E-state index contributed by atoms with van der Waals surface area (Å²) >= 11 is 0. The smallest absolute Gasteiger partial charge is 0.282 e. The fraction of sp³-hybridized carbons (Fsp3) is 0.286. The number of alkyl halides is 3. The molecule has 0 atom stereocenters. The first kappa shape index (κ1) is 13.6. The molecule has 0 amide bonds. The van der Waals surface area contributed by atoms with E-state index < -0.39 is 39.4 Å². The van der Waals surface area contributed by atoms with E-state index in [0.717, 1.165) is 0 Å². The van der Waals surface area contributed by atoms with Crippen LogP contribution in [-0.4, -0.2) is 25.3 Å². The summed E-state index contributed by atoms with van der Waals surface area (Å²) in [6, 6.07) is 0.385. The van der Waals surface area contributed by atoms with E-state index in [1.54, 1.807) is 0 Å². The number of aromatic nitrogens is 1.